The Bertz CT molecular complexity index is 501. The largest absolute Gasteiger partial charge is 0.356 e. The summed E-state index contributed by atoms with van der Waals surface area (Å²) in [6, 6.07) is 2.45. The lowest BCUT2D eigenvalue weighted by Crippen LogP contribution is -2.47. The Morgan fingerprint density at radius 3 is 2.73 bits per heavy atom. The van der Waals surface area contributed by atoms with Crippen LogP contribution in [0.25, 0.3) is 0 Å². The van der Waals surface area contributed by atoms with E-state index in [1.165, 1.54) is 0 Å². The summed E-state index contributed by atoms with van der Waals surface area (Å²) in [5, 5.41) is 0. The second kappa shape index (κ2) is 8.08. The van der Waals surface area contributed by atoms with E-state index in [4.69, 9.17) is 0 Å². The van der Waals surface area contributed by atoms with Gasteiger partial charge in [0.15, 0.2) is 0 Å². The van der Waals surface area contributed by atoms with E-state index >= 15 is 0 Å². The third-order valence-electron chi connectivity index (χ3n) is 4.24. The number of hydrogen-bond acceptors (Lipinski definition) is 4. The third-order valence-corrected chi connectivity index (χ3v) is 4.77. The number of amides is 1. The Morgan fingerprint density at radius 2 is 2.14 bits per heavy atom. The SMILES string of the molecule is CCCc1cc(N2CCC(N(C)C(=O)C(C)I)CC2)ncn1. The van der Waals surface area contributed by atoms with Gasteiger partial charge in [0.25, 0.3) is 0 Å². The molecule has 1 aliphatic rings. The molecule has 1 unspecified atom stereocenters. The fourth-order valence-electron chi connectivity index (χ4n) is 2.89. The molecule has 5 nitrogen and oxygen atoms in total. The highest BCUT2D eigenvalue weighted by atomic mass is 127. The summed E-state index contributed by atoms with van der Waals surface area (Å²) in [5.41, 5.74) is 1.11. The number of aromatic nitrogens is 2. The van der Waals surface area contributed by atoms with Gasteiger partial charge in [-0.25, -0.2) is 9.97 Å². The number of rotatable bonds is 5. The van der Waals surface area contributed by atoms with E-state index in [0.717, 1.165) is 50.3 Å². The van der Waals surface area contributed by atoms with Crippen LogP contribution in [0.4, 0.5) is 5.82 Å². The topological polar surface area (TPSA) is 49.3 Å². The molecule has 122 valence electrons. The maximum atomic E-state index is 12.1. The standard InChI is InChI=1S/C16H25IN4O/c1-4-5-13-10-15(19-11-18-13)21-8-6-14(7-9-21)20(3)16(22)12(2)17/h10-12,14H,4-9H2,1-3H3. The smallest absolute Gasteiger partial charge is 0.235 e. The summed E-state index contributed by atoms with van der Waals surface area (Å²) in [4.78, 5) is 25.1. The summed E-state index contributed by atoms with van der Waals surface area (Å²) in [6.45, 7) is 6.00. The molecular formula is C16H25IN4O. The lowest BCUT2D eigenvalue weighted by atomic mass is 10.0. The number of aryl methyl sites for hydroxylation is 1. The Balaban J connectivity index is 1.94. The zero-order valence-corrected chi connectivity index (χ0v) is 15.8. The molecule has 0 spiro atoms. The van der Waals surface area contributed by atoms with Gasteiger partial charge >= 0.3 is 0 Å². The number of piperidine rings is 1. The van der Waals surface area contributed by atoms with Gasteiger partial charge in [0, 0.05) is 37.9 Å². The van der Waals surface area contributed by atoms with Crippen LogP contribution >= 0.6 is 22.6 Å². The summed E-state index contributed by atoms with van der Waals surface area (Å²) in [5.74, 6) is 1.25. The number of alkyl halides is 1. The van der Waals surface area contributed by atoms with Crippen molar-refractivity contribution in [1.82, 2.24) is 14.9 Å². The zero-order valence-electron chi connectivity index (χ0n) is 13.6. The second-order valence-corrected chi connectivity index (χ2v) is 7.77. The number of halogens is 1. The summed E-state index contributed by atoms with van der Waals surface area (Å²) in [6.07, 6.45) is 5.76. The second-order valence-electron chi connectivity index (χ2n) is 5.90. The van der Waals surface area contributed by atoms with Crippen molar-refractivity contribution in [2.75, 3.05) is 25.0 Å². The highest BCUT2D eigenvalue weighted by Crippen LogP contribution is 2.22. The molecule has 1 fully saturated rings. The van der Waals surface area contributed by atoms with E-state index in [0.29, 0.717) is 6.04 Å². The predicted molar refractivity (Wildman–Crippen MR) is 97.5 cm³/mol. The van der Waals surface area contributed by atoms with Crippen LogP contribution in [0, 0.1) is 0 Å². The molecule has 1 aliphatic heterocycles. The zero-order chi connectivity index (χ0) is 16.1. The highest BCUT2D eigenvalue weighted by molar-refractivity contribution is 14.1. The first kappa shape index (κ1) is 17.4. The van der Waals surface area contributed by atoms with Crippen molar-refractivity contribution in [3.8, 4) is 0 Å². The Morgan fingerprint density at radius 1 is 1.45 bits per heavy atom. The van der Waals surface area contributed by atoms with Crippen molar-refractivity contribution >= 4 is 34.3 Å². The molecule has 1 saturated heterocycles. The number of nitrogens with zero attached hydrogens (tertiary/aromatic N) is 4. The van der Waals surface area contributed by atoms with Crippen LogP contribution in [0.15, 0.2) is 12.4 Å². The fraction of sp³-hybridized carbons (Fsp3) is 0.688. The quantitative estimate of drug-likeness (QED) is 0.547. The van der Waals surface area contributed by atoms with Crippen molar-refractivity contribution in [2.45, 2.75) is 49.5 Å². The summed E-state index contributed by atoms with van der Waals surface area (Å²) in [7, 11) is 1.93. The average Bonchev–Trinajstić information content (AvgIpc) is 2.54. The van der Waals surface area contributed by atoms with Gasteiger partial charge in [0.1, 0.15) is 12.1 Å². The van der Waals surface area contributed by atoms with E-state index in [2.05, 4.69) is 50.4 Å². The van der Waals surface area contributed by atoms with Crippen molar-refractivity contribution in [3.05, 3.63) is 18.1 Å². The first-order valence-electron chi connectivity index (χ1n) is 7.99. The maximum Gasteiger partial charge on any atom is 0.235 e. The molecule has 22 heavy (non-hydrogen) atoms. The normalized spacial score (nSPS) is 17.4. The van der Waals surface area contributed by atoms with Crippen LogP contribution in [0.5, 0.6) is 0 Å². The van der Waals surface area contributed by atoms with Crippen LogP contribution in [-0.2, 0) is 11.2 Å². The average molecular weight is 416 g/mol. The number of hydrogen-bond donors (Lipinski definition) is 0. The lowest BCUT2D eigenvalue weighted by molar-refractivity contribution is -0.131. The molecule has 1 aromatic rings. The lowest BCUT2D eigenvalue weighted by Gasteiger charge is -2.37. The number of anilines is 1. The van der Waals surface area contributed by atoms with Gasteiger partial charge in [-0.3, -0.25) is 4.79 Å². The molecule has 1 aromatic heterocycles. The van der Waals surface area contributed by atoms with E-state index in [9.17, 15) is 4.79 Å². The molecule has 1 amide bonds. The van der Waals surface area contributed by atoms with Gasteiger partial charge in [-0.05, 0) is 26.2 Å². The molecule has 0 aliphatic carbocycles. The van der Waals surface area contributed by atoms with Crippen LogP contribution in [-0.4, -0.2) is 50.9 Å². The molecule has 0 bridgehead atoms. The van der Waals surface area contributed by atoms with E-state index in [-0.39, 0.29) is 9.83 Å². The van der Waals surface area contributed by atoms with Crippen LogP contribution < -0.4 is 4.90 Å². The monoisotopic (exact) mass is 416 g/mol. The summed E-state index contributed by atoms with van der Waals surface area (Å²) < 4.78 is 0.0408. The van der Waals surface area contributed by atoms with Gasteiger partial charge in [-0.2, -0.15) is 0 Å². The molecule has 0 radical (unpaired) electrons. The first-order chi connectivity index (χ1) is 10.5. The third kappa shape index (κ3) is 4.30. The maximum absolute atomic E-state index is 12.1. The van der Waals surface area contributed by atoms with Gasteiger partial charge < -0.3 is 9.80 Å². The molecule has 0 N–H and O–H groups in total. The van der Waals surface area contributed by atoms with Crippen molar-refractivity contribution in [2.24, 2.45) is 0 Å². The minimum Gasteiger partial charge on any atom is -0.356 e. The Kier molecular flexibility index (Phi) is 6.40. The number of carbonyl (C=O) groups excluding carboxylic acids is 1. The molecule has 2 rings (SSSR count). The van der Waals surface area contributed by atoms with Gasteiger partial charge in [0.2, 0.25) is 5.91 Å². The fourth-order valence-corrected chi connectivity index (χ4v) is 3.33. The Labute approximate surface area is 146 Å². The molecule has 1 atom stereocenters. The Hall–Kier alpha value is -0.920. The predicted octanol–water partition coefficient (Wildman–Crippen LogP) is 2.68. The van der Waals surface area contributed by atoms with Gasteiger partial charge in [0.05, 0.1) is 3.92 Å². The summed E-state index contributed by atoms with van der Waals surface area (Å²) >= 11 is 2.19. The molecular weight excluding hydrogens is 391 g/mol. The molecule has 0 aromatic carbocycles. The van der Waals surface area contributed by atoms with E-state index in [1.807, 2.05) is 18.9 Å². The van der Waals surface area contributed by atoms with Crippen LogP contribution in [0.3, 0.4) is 0 Å². The van der Waals surface area contributed by atoms with Gasteiger partial charge in [-0.1, -0.05) is 35.9 Å². The van der Waals surface area contributed by atoms with E-state index < -0.39 is 0 Å². The van der Waals surface area contributed by atoms with Gasteiger partial charge in [-0.15, -0.1) is 0 Å². The first-order valence-corrected chi connectivity index (χ1v) is 9.24. The van der Waals surface area contributed by atoms with Crippen LogP contribution in [0.2, 0.25) is 0 Å². The molecule has 0 saturated carbocycles. The van der Waals surface area contributed by atoms with Crippen molar-refractivity contribution in [1.29, 1.82) is 0 Å². The molecule has 2 heterocycles. The highest BCUT2D eigenvalue weighted by Gasteiger charge is 2.27. The van der Waals surface area contributed by atoms with Crippen molar-refractivity contribution in [3.63, 3.8) is 0 Å². The molecule has 6 heteroatoms. The van der Waals surface area contributed by atoms with Crippen molar-refractivity contribution < 1.29 is 4.79 Å². The minimum atomic E-state index is 0.0408. The number of carbonyl (C=O) groups is 1. The van der Waals surface area contributed by atoms with E-state index in [1.54, 1.807) is 6.33 Å². The minimum absolute atomic E-state index is 0.0408. The van der Waals surface area contributed by atoms with Crippen LogP contribution in [0.1, 0.15) is 38.8 Å².